The Hall–Kier alpha value is -1.78. The first-order chi connectivity index (χ1) is 9.10. The topological polar surface area (TPSA) is 51.2 Å². The molecule has 0 spiro atoms. The molecular formula is C13H10Cl2N2O2. The third kappa shape index (κ3) is 3.36. The number of anilines is 1. The van der Waals surface area contributed by atoms with Crippen LogP contribution in [0.1, 0.15) is 10.4 Å². The molecule has 0 saturated heterocycles. The molecule has 0 saturated carbocycles. The second kappa shape index (κ2) is 5.91. The van der Waals surface area contributed by atoms with Gasteiger partial charge in [-0.05, 0) is 24.3 Å². The highest BCUT2D eigenvalue weighted by molar-refractivity contribution is 6.35. The van der Waals surface area contributed by atoms with Gasteiger partial charge in [-0.15, -0.1) is 0 Å². The number of hydrogen-bond acceptors (Lipinski definition) is 3. The normalized spacial score (nSPS) is 10.1. The Morgan fingerprint density at radius 3 is 2.68 bits per heavy atom. The van der Waals surface area contributed by atoms with Crippen LogP contribution in [0.3, 0.4) is 0 Å². The number of ether oxygens (including phenoxy) is 1. The van der Waals surface area contributed by atoms with Crippen molar-refractivity contribution in [3.63, 3.8) is 0 Å². The van der Waals surface area contributed by atoms with E-state index in [1.807, 2.05) is 0 Å². The molecule has 98 valence electrons. The molecule has 1 aromatic heterocycles. The maximum absolute atomic E-state index is 12.0. The number of pyridine rings is 1. The highest BCUT2D eigenvalue weighted by Gasteiger charge is 2.09. The van der Waals surface area contributed by atoms with Crippen molar-refractivity contribution in [2.45, 2.75) is 0 Å². The lowest BCUT2D eigenvalue weighted by atomic mass is 10.2. The zero-order valence-electron chi connectivity index (χ0n) is 9.98. The van der Waals surface area contributed by atoms with Crippen LogP contribution in [0.4, 0.5) is 5.69 Å². The van der Waals surface area contributed by atoms with E-state index in [0.29, 0.717) is 27.2 Å². The fourth-order valence-electron chi connectivity index (χ4n) is 1.42. The van der Waals surface area contributed by atoms with Crippen LogP contribution in [-0.2, 0) is 0 Å². The maximum atomic E-state index is 12.0. The summed E-state index contributed by atoms with van der Waals surface area (Å²) < 4.78 is 4.92. The molecular weight excluding hydrogens is 287 g/mol. The molecule has 1 heterocycles. The van der Waals surface area contributed by atoms with Crippen molar-refractivity contribution in [3.8, 4) is 5.88 Å². The molecule has 1 amide bonds. The lowest BCUT2D eigenvalue weighted by Gasteiger charge is -2.07. The Bertz CT molecular complexity index is 600. The van der Waals surface area contributed by atoms with E-state index in [0.717, 1.165) is 0 Å². The first kappa shape index (κ1) is 13.6. The van der Waals surface area contributed by atoms with E-state index >= 15 is 0 Å². The number of aromatic nitrogens is 1. The Labute approximate surface area is 120 Å². The Kier molecular flexibility index (Phi) is 4.24. The Morgan fingerprint density at radius 2 is 2.05 bits per heavy atom. The van der Waals surface area contributed by atoms with Crippen molar-refractivity contribution >= 4 is 34.8 Å². The molecule has 0 unspecified atom stereocenters. The highest BCUT2D eigenvalue weighted by atomic mass is 35.5. The van der Waals surface area contributed by atoms with Crippen LogP contribution in [0.15, 0.2) is 36.5 Å². The van der Waals surface area contributed by atoms with E-state index in [1.54, 1.807) is 30.3 Å². The smallest absolute Gasteiger partial charge is 0.257 e. The summed E-state index contributed by atoms with van der Waals surface area (Å²) in [5.41, 5.74) is 0.854. The fourth-order valence-corrected chi connectivity index (χ4v) is 1.76. The zero-order valence-corrected chi connectivity index (χ0v) is 11.5. The third-order valence-corrected chi connectivity index (χ3v) is 2.95. The summed E-state index contributed by atoms with van der Waals surface area (Å²) in [7, 11) is 1.51. The first-order valence-corrected chi connectivity index (χ1v) is 6.12. The maximum Gasteiger partial charge on any atom is 0.257 e. The summed E-state index contributed by atoms with van der Waals surface area (Å²) in [5.74, 6) is 0.122. The van der Waals surface area contributed by atoms with Crippen molar-refractivity contribution in [2.24, 2.45) is 0 Å². The number of amides is 1. The number of methoxy groups -OCH3 is 1. The van der Waals surface area contributed by atoms with Crippen LogP contribution < -0.4 is 10.1 Å². The number of rotatable bonds is 3. The predicted octanol–water partition coefficient (Wildman–Crippen LogP) is 3.65. The fraction of sp³-hybridized carbons (Fsp3) is 0.0769. The van der Waals surface area contributed by atoms with Gasteiger partial charge >= 0.3 is 0 Å². The molecule has 0 aliphatic rings. The van der Waals surface area contributed by atoms with Crippen LogP contribution >= 0.6 is 23.2 Å². The molecule has 0 aliphatic carbocycles. The standard InChI is InChI=1S/C13H10Cl2N2O2/c1-19-12-5-2-8(7-16-12)13(18)17-11-6-9(14)3-4-10(11)15/h2-7H,1H3,(H,17,18). The van der Waals surface area contributed by atoms with Crippen molar-refractivity contribution in [1.82, 2.24) is 4.98 Å². The average molecular weight is 297 g/mol. The van der Waals surface area contributed by atoms with E-state index < -0.39 is 0 Å². The quantitative estimate of drug-likeness (QED) is 0.940. The van der Waals surface area contributed by atoms with E-state index in [4.69, 9.17) is 27.9 Å². The zero-order chi connectivity index (χ0) is 13.8. The SMILES string of the molecule is COc1ccc(C(=O)Nc2cc(Cl)ccc2Cl)cn1. The largest absolute Gasteiger partial charge is 0.481 e. The van der Waals surface area contributed by atoms with E-state index in [1.165, 1.54) is 13.3 Å². The molecule has 0 bridgehead atoms. The van der Waals surface area contributed by atoms with Gasteiger partial charge in [0.05, 0.1) is 23.4 Å². The second-order valence-corrected chi connectivity index (χ2v) is 4.51. The first-order valence-electron chi connectivity index (χ1n) is 5.36. The van der Waals surface area contributed by atoms with Crippen molar-refractivity contribution in [2.75, 3.05) is 12.4 Å². The van der Waals surface area contributed by atoms with Crippen LogP contribution in [-0.4, -0.2) is 18.0 Å². The van der Waals surface area contributed by atoms with Crippen molar-refractivity contribution in [3.05, 3.63) is 52.1 Å². The monoisotopic (exact) mass is 296 g/mol. The minimum Gasteiger partial charge on any atom is -0.481 e. The summed E-state index contributed by atoms with van der Waals surface area (Å²) >= 11 is 11.8. The van der Waals surface area contributed by atoms with Crippen LogP contribution in [0.5, 0.6) is 5.88 Å². The van der Waals surface area contributed by atoms with Gasteiger partial charge in [-0.1, -0.05) is 23.2 Å². The number of benzene rings is 1. The van der Waals surface area contributed by atoms with Gasteiger partial charge in [-0.3, -0.25) is 4.79 Å². The molecule has 2 aromatic rings. The van der Waals surface area contributed by atoms with Crippen molar-refractivity contribution in [1.29, 1.82) is 0 Å². The minimum atomic E-state index is -0.320. The average Bonchev–Trinajstić information content (AvgIpc) is 2.43. The number of carbonyl (C=O) groups is 1. The van der Waals surface area contributed by atoms with Gasteiger partial charge < -0.3 is 10.1 Å². The van der Waals surface area contributed by atoms with Crippen LogP contribution in [0, 0.1) is 0 Å². The van der Waals surface area contributed by atoms with Gasteiger partial charge in [-0.25, -0.2) is 4.98 Å². The molecule has 2 rings (SSSR count). The summed E-state index contributed by atoms with van der Waals surface area (Å²) in [6.07, 6.45) is 1.42. The van der Waals surface area contributed by atoms with Crippen molar-refractivity contribution < 1.29 is 9.53 Å². The number of halogens is 2. The molecule has 0 fully saturated rings. The molecule has 0 radical (unpaired) electrons. The van der Waals surface area contributed by atoms with Gasteiger partial charge in [0, 0.05) is 17.3 Å². The third-order valence-electron chi connectivity index (χ3n) is 2.38. The van der Waals surface area contributed by atoms with Gasteiger partial charge in [-0.2, -0.15) is 0 Å². The molecule has 19 heavy (non-hydrogen) atoms. The molecule has 6 heteroatoms. The Balaban J connectivity index is 2.18. The number of hydrogen-bond donors (Lipinski definition) is 1. The summed E-state index contributed by atoms with van der Waals surface area (Å²) in [6, 6.07) is 8.06. The lowest BCUT2D eigenvalue weighted by Crippen LogP contribution is -2.12. The second-order valence-electron chi connectivity index (χ2n) is 3.67. The molecule has 0 aliphatic heterocycles. The number of nitrogens with one attached hydrogen (secondary N) is 1. The van der Waals surface area contributed by atoms with Gasteiger partial charge in [0.1, 0.15) is 0 Å². The van der Waals surface area contributed by atoms with E-state index in [-0.39, 0.29) is 5.91 Å². The van der Waals surface area contributed by atoms with Gasteiger partial charge in [0.15, 0.2) is 0 Å². The Morgan fingerprint density at radius 1 is 1.26 bits per heavy atom. The summed E-state index contributed by atoms with van der Waals surface area (Å²) in [6.45, 7) is 0. The number of carbonyl (C=O) groups excluding carboxylic acids is 1. The molecule has 4 nitrogen and oxygen atoms in total. The highest BCUT2D eigenvalue weighted by Crippen LogP contribution is 2.25. The predicted molar refractivity (Wildman–Crippen MR) is 75.2 cm³/mol. The molecule has 0 atom stereocenters. The summed E-state index contributed by atoms with van der Waals surface area (Å²) in [4.78, 5) is 15.9. The van der Waals surface area contributed by atoms with E-state index in [9.17, 15) is 4.79 Å². The minimum absolute atomic E-state index is 0.320. The van der Waals surface area contributed by atoms with Crippen LogP contribution in [0.25, 0.3) is 0 Å². The van der Waals surface area contributed by atoms with Crippen LogP contribution in [0.2, 0.25) is 10.0 Å². The summed E-state index contributed by atoms with van der Waals surface area (Å²) in [5, 5.41) is 3.58. The van der Waals surface area contributed by atoms with E-state index in [2.05, 4.69) is 10.3 Å². The lowest BCUT2D eigenvalue weighted by molar-refractivity contribution is 0.102. The van der Waals surface area contributed by atoms with Gasteiger partial charge in [0.2, 0.25) is 5.88 Å². The molecule has 1 N–H and O–H groups in total. The van der Waals surface area contributed by atoms with Gasteiger partial charge in [0.25, 0.3) is 5.91 Å². The number of nitrogens with zero attached hydrogens (tertiary/aromatic N) is 1. The molecule has 1 aromatic carbocycles.